The van der Waals surface area contributed by atoms with Gasteiger partial charge in [-0.1, -0.05) is 0 Å². The Morgan fingerprint density at radius 1 is 0.419 bits per heavy atom. The molecule has 5 fully saturated rings. The molecule has 1 spiro atoms. The van der Waals surface area contributed by atoms with Crippen LogP contribution in [0.3, 0.4) is 0 Å². The molecule has 30 nitrogen and oxygen atoms in total. The van der Waals surface area contributed by atoms with Gasteiger partial charge in [-0.15, -0.1) is 0 Å². The van der Waals surface area contributed by atoms with Gasteiger partial charge in [0, 0.05) is 186 Å². The summed E-state index contributed by atoms with van der Waals surface area (Å²) in [7, 11) is 7.11. The van der Waals surface area contributed by atoms with Crippen molar-refractivity contribution in [2.75, 3.05) is 128 Å². The lowest BCUT2D eigenvalue weighted by Crippen LogP contribution is -2.56. The standard InChI is InChI=1S/C26H29FN6O.C25H27FN6O3.C22H22F2N6O.C21H21FN6O/c1-15-3-4-17(14-30-15)34-25-31-21-13-18-19(11-16(27)12-20(18)29-2)23(21)24(32-25)33-9-7-26(8-10-33)6-5-22(26)28;1-4-34-24(33)18-11-32(12-19(18)27)23-22-17-7-14(26)8-20(28-3)16(17)9-21(22)30-25(31-23)35-15-6-5-13(2)29-10-15;1-11-3-4-13(8-27-11)31-22-28-19-7-14-15(5-12(23)6-18(14)26-2)20(19)21(29-22)30-9-16(24)17(25)10-30;1-11-3-4-14(8-25-11)29-21-26-18-7-15-16(5-12(22)6-17(15)24-2)19(18)20(27-21)28-9-13(23)10-28/h3-4,11-12,14,22,29H,5-10,13,28H2,1-2H3;5-8,10,18-19,28H,4,9,11-12,27H2,1-3H3;3-6,8,16-17,26H,7,9-10,25H2,1-2H3;3-6,8,13,24H,7,9-10,23H2,1-2H3/t;18-,19+;16-,17+;/m.11./s1. The van der Waals surface area contributed by atoms with Crippen LogP contribution in [-0.2, 0) is 35.2 Å². The number of carbonyl (C=O) groups is 1. The first-order valence-electron chi connectivity index (χ1n) is 43.2. The average Bonchev–Trinajstić information content (AvgIpc) is 1.61. The number of pyridine rings is 4. The number of nitrogens with one attached hydrogen (secondary N) is 4. The molecule has 666 valence electrons. The number of rotatable bonds is 18. The summed E-state index contributed by atoms with van der Waals surface area (Å²) in [6, 6.07) is 27.0. The van der Waals surface area contributed by atoms with E-state index in [0.29, 0.717) is 133 Å². The molecule has 129 heavy (non-hydrogen) atoms. The number of fused-ring (bicyclic) bond motifs is 12. The van der Waals surface area contributed by atoms with Crippen molar-refractivity contribution in [1.82, 2.24) is 59.8 Å². The molecule has 9 aliphatic rings. The smallest absolute Gasteiger partial charge is 0.324 e. The number of halogens is 5. The second-order valence-corrected chi connectivity index (χ2v) is 33.9. The van der Waals surface area contributed by atoms with Crippen LogP contribution < -0.4 is 82.7 Å². The number of aromatic nitrogens is 12. The van der Waals surface area contributed by atoms with Crippen LogP contribution in [0.1, 0.15) is 100 Å². The van der Waals surface area contributed by atoms with Gasteiger partial charge in [-0.05, 0) is 207 Å². The van der Waals surface area contributed by atoms with Crippen LogP contribution in [0.25, 0.3) is 44.5 Å². The lowest BCUT2D eigenvalue weighted by atomic mass is 9.60. The Kier molecular flexibility index (Phi) is 23.7. The fourth-order valence-corrected chi connectivity index (χ4v) is 18.5. The SMILES string of the molecule is CCOC(=O)[C@@H]1CN(c2nc(Oc3ccc(C)nc3)nc3c2-c2cc(F)cc(NC)c2C3)C[C@@H]1N.CNc1cc(F)cc2c1Cc1nc(Oc3ccc(C)nc3)nc(N3CC(N)C3)c1-2.CNc1cc(F)cc2c1Cc1nc(Oc3ccc(C)nc3)nc(N3CCC4(CCC4N)CC3)c1-2.CNc1cc(F)cc2c1Cc1nc(Oc3ccc(C)nc3)nc(N3C[C@@H](F)[C@@H](N)C3)c1-2. The molecule has 12 N–H and O–H groups in total. The highest BCUT2D eigenvalue weighted by atomic mass is 19.1. The lowest BCUT2D eigenvalue weighted by Gasteiger charge is -2.52. The number of piperidine rings is 1. The molecule has 4 saturated heterocycles. The zero-order chi connectivity index (χ0) is 90.0. The highest BCUT2D eigenvalue weighted by molar-refractivity contribution is 5.92. The maximum Gasteiger partial charge on any atom is 0.324 e. The maximum atomic E-state index is 14.5. The molecule has 1 unspecified atom stereocenters. The Morgan fingerprint density at radius 2 is 0.736 bits per heavy atom. The first kappa shape index (κ1) is 86.1. The van der Waals surface area contributed by atoms with E-state index in [1.165, 1.54) is 42.8 Å². The molecule has 35 heteroatoms. The summed E-state index contributed by atoms with van der Waals surface area (Å²) in [5, 5.41) is 12.3. The summed E-state index contributed by atoms with van der Waals surface area (Å²) in [6.45, 7) is 13.9. The van der Waals surface area contributed by atoms with Crippen molar-refractivity contribution in [3.63, 3.8) is 0 Å². The van der Waals surface area contributed by atoms with E-state index in [2.05, 4.69) is 75.9 Å². The van der Waals surface area contributed by atoms with Gasteiger partial charge < -0.3 is 87.5 Å². The molecule has 8 aromatic heterocycles. The van der Waals surface area contributed by atoms with Crippen molar-refractivity contribution in [2.45, 2.75) is 116 Å². The van der Waals surface area contributed by atoms with Crippen molar-refractivity contribution in [2.24, 2.45) is 34.3 Å². The van der Waals surface area contributed by atoms with Gasteiger partial charge in [0.1, 0.15) is 75.7 Å². The molecule has 5 aliphatic carbocycles. The molecular weight excluding hydrogens is 1660 g/mol. The highest BCUT2D eigenvalue weighted by Gasteiger charge is 2.48. The summed E-state index contributed by atoms with van der Waals surface area (Å²) in [5.74, 6) is 2.64. The van der Waals surface area contributed by atoms with E-state index >= 15 is 0 Å². The second kappa shape index (κ2) is 35.5. The predicted octanol–water partition coefficient (Wildman–Crippen LogP) is 13.6. The number of nitrogens with two attached hydrogens (primary N) is 4. The molecule has 5 atom stereocenters. The fraction of sp³-hybridized carbons (Fsp3) is 0.351. The normalized spacial score (nSPS) is 18.2. The monoisotopic (exact) mass is 1750 g/mol. The Balaban J connectivity index is 0.000000116. The molecule has 0 radical (unpaired) electrons. The number of carbonyl (C=O) groups excluding carboxylic acids is 1. The zero-order valence-corrected chi connectivity index (χ0v) is 72.8. The molecule has 12 heterocycles. The molecule has 4 aromatic carbocycles. The fourth-order valence-electron chi connectivity index (χ4n) is 18.5. The van der Waals surface area contributed by atoms with Gasteiger partial charge in [-0.2, -0.15) is 39.9 Å². The van der Waals surface area contributed by atoms with E-state index in [1.807, 2.05) is 76.0 Å². The third kappa shape index (κ3) is 17.2. The van der Waals surface area contributed by atoms with E-state index in [-0.39, 0.29) is 71.9 Å². The number of nitrogens with zero attached hydrogens (tertiary/aromatic N) is 16. The number of hydrogen-bond acceptors (Lipinski definition) is 30. The van der Waals surface area contributed by atoms with Gasteiger partial charge in [0.2, 0.25) is 0 Å². The number of alkyl halides is 1. The summed E-state index contributed by atoms with van der Waals surface area (Å²) in [5.41, 5.74) is 44.6. The number of ether oxygens (including phenoxy) is 5. The molecule has 4 aliphatic heterocycles. The summed E-state index contributed by atoms with van der Waals surface area (Å²) in [6.07, 6.45) is 11.9. The van der Waals surface area contributed by atoms with Crippen molar-refractivity contribution in [1.29, 1.82) is 0 Å². The summed E-state index contributed by atoms with van der Waals surface area (Å²) >= 11 is 0. The van der Waals surface area contributed by atoms with Gasteiger partial charge >= 0.3 is 30.0 Å². The van der Waals surface area contributed by atoms with Gasteiger partial charge in [-0.3, -0.25) is 24.7 Å². The van der Waals surface area contributed by atoms with Gasteiger partial charge in [-0.25, -0.2) is 22.0 Å². The molecule has 0 bridgehead atoms. The van der Waals surface area contributed by atoms with Crippen LogP contribution in [-0.4, -0.2) is 183 Å². The number of benzene rings is 4. The van der Waals surface area contributed by atoms with E-state index < -0.39 is 24.2 Å². The van der Waals surface area contributed by atoms with Crippen LogP contribution >= 0.6 is 0 Å². The highest BCUT2D eigenvalue weighted by Crippen LogP contribution is 2.54. The Labute approximate surface area is 741 Å². The Morgan fingerprint density at radius 3 is 1.01 bits per heavy atom. The van der Waals surface area contributed by atoms with Crippen molar-refractivity contribution in [3.05, 3.63) is 213 Å². The number of anilines is 8. The maximum absolute atomic E-state index is 14.5. The van der Waals surface area contributed by atoms with Crippen molar-refractivity contribution >= 4 is 52.0 Å². The predicted molar refractivity (Wildman–Crippen MR) is 482 cm³/mol. The zero-order valence-electron chi connectivity index (χ0n) is 72.8. The van der Waals surface area contributed by atoms with Crippen LogP contribution in [0.5, 0.6) is 47.0 Å². The first-order chi connectivity index (χ1) is 62.3. The molecule has 1 saturated carbocycles. The Bertz CT molecular complexity index is 6280. The van der Waals surface area contributed by atoms with E-state index in [4.69, 9.17) is 61.6 Å². The molecule has 21 rings (SSSR count). The summed E-state index contributed by atoms with van der Waals surface area (Å²) < 4.78 is 101. The third-order valence-corrected chi connectivity index (χ3v) is 25.4. The minimum absolute atomic E-state index is 0.104. The van der Waals surface area contributed by atoms with E-state index in [1.54, 1.807) is 82.0 Å². The first-order valence-corrected chi connectivity index (χ1v) is 43.2. The Hall–Kier alpha value is -13.6. The topological polar surface area (TPSA) is 383 Å². The van der Waals surface area contributed by atoms with Gasteiger partial charge in [0.25, 0.3) is 0 Å². The van der Waals surface area contributed by atoms with E-state index in [9.17, 15) is 26.7 Å². The molecule has 0 amide bonds. The van der Waals surface area contributed by atoms with Crippen LogP contribution in [0.2, 0.25) is 0 Å². The largest absolute Gasteiger partial charge is 0.466 e. The van der Waals surface area contributed by atoms with Crippen molar-refractivity contribution < 1.29 is 50.4 Å². The number of aryl methyl sites for hydroxylation is 4. The number of esters is 1. The third-order valence-electron chi connectivity index (χ3n) is 25.4. The summed E-state index contributed by atoms with van der Waals surface area (Å²) in [4.78, 5) is 75.2. The van der Waals surface area contributed by atoms with Crippen LogP contribution in [0, 0.1) is 62.3 Å². The minimum atomic E-state index is -1.17. The van der Waals surface area contributed by atoms with Crippen LogP contribution in [0.4, 0.5) is 68.0 Å². The molecular formula is C94H99F5N24O6. The second-order valence-electron chi connectivity index (χ2n) is 33.9. The van der Waals surface area contributed by atoms with Crippen molar-refractivity contribution in [3.8, 4) is 91.5 Å². The van der Waals surface area contributed by atoms with Gasteiger partial charge in [0.15, 0.2) is 0 Å². The van der Waals surface area contributed by atoms with Crippen LogP contribution in [0.15, 0.2) is 122 Å². The van der Waals surface area contributed by atoms with E-state index in [0.717, 1.165) is 151 Å². The number of hydrogen-bond donors (Lipinski definition) is 8. The van der Waals surface area contributed by atoms with Gasteiger partial charge in [0.05, 0.1) is 72.7 Å². The minimum Gasteiger partial charge on any atom is -0.466 e. The lowest BCUT2D eigenvalue weighted by molar-refractivity contribution is -0.147. The molecule has 12 aromatic rings. The quantitative estimate of drug-likeness (QED) is 0.0292. The average molecular weight is 1760 g/mol.